The number of rotatable bonds is 3. The zero-order valence-corrected chi connectivity index (χ0v) is 5.93. The Hall–Kier alpha value is -0.560. The van der Waals surface area contributed by atoms with E-state index in [4.69, 9.17) is 0 Å². The summed E-state index contributed by atoms with van der Waals surface area (Å²) in [6.45, 7) is 12.2. The first-order valence-corrected chi connectivity index (χ1v) is 3.31. The Labute approximate surface area is 56.7 Å². The van der Waals surface area contributed by atoms with Gasteiger partial charge in [0.2, 0.25) is 0 Å². The van der Waals surface area contributed by atoms with E-state index in [9.17, 15) is 0 Å². The third-order valence-corrected chi connectivity index (χ3v) is 1.83. The lowest BCUT2D eigenvalue weighted by Crippen LogP contribution is -2.14. The lowest BCUT2D eigenvalue weighted by Gasteiger charge is -2.10. The molecule has 0 radical (unpaired) electrons. The summed E-state index contributed by atoms with van der Waals surface area (Å²) in [5.41, 5.74) is 1.13. The Morgan fingerprint density at radius 1 is 1.67 bits per heavy atom. The molecule has 9 heavy (non-hydrogen) atoms. The van der Waals surface area contributed by atoms with Crippen molar-refractivity contribution in [2.45, 2.75) is 13.0 Å². The zero-order chi connectivity index (χ0) is 6.85. The van der Waals surface area contributed by atoms with Gasteiger partial charge in [0.25, 0.3) is 0 Å². The van der Waals surface area contributed by atoms with Crippen LogP contribution in [0, 0.1) is 0 Å². The van der Waals surface area contributed by atoms with E-state index < -0.39 is 0 Å². The molecule has 1 atom stereocenters. The highest BCUT2D eigenvalue weighted by atomic mass is 15.3. The Morgan fingerprint density at radius 2 is 2.22 bits per heavy atom. The maximum Gasteiger partial charge on any atom is 0.0314 e. The van der Waals surface area contributed by atoms with E-state index in [-0.39, 0.29) is 0 Å². The van der Waals surface area contributed by atoms with Gasteiger partial charge in [0.1, 0.15) is 0 Å². The molecule has 0 N–H and O–H groups in total. The molecule has 0 aromatic carbocycles. The van der Waals surface area contributed by atoms with Crippen LogP contribution in [0.25, 0.3) is 0 Å². The Kier molecular flexibility index (Phi) is 1.72. The SMILES string of the molecule is C=CC(=C)C(C)N1CC1. The summed E-state index contributed by atoms with van der Waals surface area (Å²) in [6, 6.07) is 0.516. The van der Waals surface area contributed by atoms with Crippen molar-refractivity contribution in [3.63, 3.8) is 0 Å². The lowest BCUT2D eigenvalue weighted by atomic mass is 10.1. The number of hydrogen-bond acceptors (Lipinski definition) is 1. The van der Waals surface area contributed by atoms with Gasteiger partial charge in [-0.2, -0.15) is 0 Å². The van der Waals surface area contributed by atoms with E-state index >= 15 is 0 Å². The summed E-state index contributed by atoms with van der Waals surface area (Å²) in [4.78, 5) is 2.35. The van der Waals surface area contributed by atoms with Gasteiger partial charge in [-0.15, -0.1) is 0 Å². The molecule has 0 aromatic rings. The quantitative estimate of drug-likeness (QED) is 0.405. The fourth-order valence-corrected chi connectivity index (χ4v) is 0.850. The van der Waals surface area contributed by atoms with Crippen molar-refractivity contribution in [1.29, 1.82) is 0 Å². The second-order valence-corrected chi connectivity index (χ2v) is 2.49. The molecule has 1 saturated heterocycles. The zero-order valence-electron chi connectivity index (χ0n) is 5.93. The molecule has 1 aliphatic rings. The maximum absolute atomic E-state index is 3.87. The molecule has 1 heterocycles. The minimum Gasteiger partial charge on any atom is -0.294 e. The average Bonchev–Trinajstić information content (AvgIpc) is 2.66. The first-order valence-electron chi connectivity index (χ1n) is 3.31. The van der Waals surface area contributed by atoms with Crippen molar-refractivity contribution in [1.82, 2.24) is 4.90 Å². The van der Waals surface area contributed by atoms with Gasteiger partial charge in [-0.3, -0.25) is 4.90 Å². The predicted octanol–water partition coefficient (Wildman–Crippen LogP) is 1.43. The van der Waals surface area contributed by atoms with E-state index in [0.29, 0.717) is 6.04 Å². The van der Waals surface area contributed by atoms with Crippen LogP contribution in [0.3, 0.4) is 0 Å². The van der Waals surface area contributed by atoms with Crippen LogP contribution >= 0.6 is 0 Å². The van der Waals surface area contributed by atoms with Gasteiger partial charge in [0.05, 0.1) is 0 Å². The Balaban J connectivity index is 2.39. The largest absolute Gasteiger partial charge is 0.294 e. The first-order chi connectivity index (χ1) is 4.25. The molecular formula is C8H13N. The van der Waals surface area contributed by atoms with Gasteiger partial charge in [-0.1, -0.05) is 19.2 Å². The molecule has 0 amide bonds. The van der Waals surface area contributed by atoms with Gasteiger partial charge >= 0.3 is 0 Å². The summed E-state index contributed by atoms with van der Waals surface area (Å²) < 4.78 is 0. The Bertz CT molecular complexity index is 134. The summed E-state index contributed by atoms with van der Waals surface area (Å²) in [7, 11) is 0. The number of hydrogen-bond donors (Lipinski definition) is 0. The molecular weight excluding hydrogens is 110 g/mol. The monoisotopic (exact) mass is 123 g/mol. The third-order valence-electron chi connectivity index (χ3n) is 1.83. The van der Waals surface area contributed by atoms with Gasteiger partial charge in [-0.05, 0) is 12.5 Å². The van der Waals surface area contributed by atoms with Crippen LogP contribution in [0.4, 0.5) is 0 Å². The topological polar surface area (TPSA) is 3.01 Å². The van der Waals surface area contributed by atoms with Crippen LogP contribution in [0.15, 0.2) is 24.8 Å². The molecule has 0 aliphatic carbocycles. The Morgan fingerprint density at radius 3 is 2.56 bits per heavy atom. The average molecular weight is 123 g/mol. The molecule has 1 nitrogen and oxygen atoms in total. The molecule has 1 rings (SSSR count). The molecule has 0 bridgehead atoms. The van der Waals surface area contributed by atoms with Crippen LogP contribution in [-0.4, -0.2) is 24.0 Å². The van der Waals surface area contributed by atoms with Crippen molar-refractivity contribution in [3.8, 4) is 0 Å². The van der Waals surface area contributed by atoms with Crippen LogP contribution in [0.1, 0.15) is 6.92 Å². The highest BCUT2D eigenvalue weighted by Gasteiger charge is 2.24. The summed E-state index contributed by atoms with van der Waals surface area (Å²) in [5.74, 6) is 0. The van der Waals surface area contributed by atoms with Gasteiger partial charge < -0.3 is 0 Å². The molecule has 0 aromatic heterocycles. The molecule has 1 aliphatic heterocycles. The number of nitrogens with zero attached hydrogens (tertiary/aromatic N) is 1. The summed E-state index contributed by atoms with van der Waals surface area (Å²) >= 11 is 0. The first kappa shape index (κ1) is 6.56. The normalized spacial score (nSPS) is 21.0. The van der Waals surface area contributed by atoms with Crippen LogP contribution in [0.2, 0.25) is 0 Å². The highest BCUT2D eigenvalue weighted by Crippen LogP contribution is 2.16. The molecule has 1 unspecified atom stereocenters. The van der Waals surface area contributed by atoms with Gasteiger partial charge in [0, 0.05) is 19.1 Å². The van der Waals surface area contributed by atoms with Crippen molar-refractivity contribution >= 4 is 0 Å². The molecule has 1 fully saturated rings. The van der Waals surface area contributed by atoms with Gasteiger partial charge in [-0.25, -0.2) is 0 Å². The highest BCUT2D eigenvalue weighted by molar-refractivity contribution is 5.19. The standard InChI is InChI=1S/C8H13N/c1-4-7(2)8(3)9-5-6-9/h4,8H,1-2,5-6H2,3H3. The van der Waals surface area contributed by atoms with E-state index in [1.165, 1.54) is 13.1 Å². The summed E-state index contributed by atoms with van der Waals surface area (Å²) in [5, 5.41) is 0. The molecule has 1 heteroatoms. The third kappa shape index (κ3) is 1.42. The van der Waals surface area contributed by atoms with E-state index in [2.05, 4.69) is 25.0 Å². The molecule has 50 valence electrons. The van der Waals surface area contributed by atoms with Crippen molar-refractivity contribution < 1.29 is 0 Å². The van der Waals surface area contributed by atoms with E-state index in [0.717, 1.165) is 5.57 Å². The second-order valence-electron chi connectivity index (χ2n) is 2.49. The van der Waals surface area contributed by atoms with E-state index in [1.54, 1.807) is 0 Å². The van der Waals surface area contributed by atoms with E-state index in [1.807, 2.05) is 6.08 Å². The van der Waals surface area contributed by atoms with Crippen LogP contribution in [0.5, 0.6) is 0 Å². The minimum atomic E-state index is 0.516. The predicted molar refractivity (Wildman–Crippen MR) is 40.4 cm³/mol. The van der Waals surface area contributed by atoms with Crippen molar-refractivity contribution in [2.75, 3.05) is 13.1 Å². The smallest absolute Gasteiger partial charge is 0.0314 e. The maximum atomic E-state index is 3.87. The summed E-state index contributed by atoms with van der Waals surface area (Å²) in [6.07, 6.45) is 1.84. The minimum absolute atomic E-state index is 0.516. The molecule has 0 spiro atoms. The van der Waals surface area contributed by atoms with Gasteiger partial charge in [0.15, 0.2) is 0 Å². The van der Waals surface area contributed by atoms with Crippen LogP contribution < -0.4 is 0 Å². The molecule has 0 saturated carbocycles. The van der Waals surface area contributed by atoms with Crippen LogP contribution in [-0.2, 0) is 0 Å². The lowest BCUT2D eigenvalue weighted by molar-refractivity contribution is 0.487. The fraction of sp³-hybridized carbons (Fsp3) is 0.500. The fourth-order valence-electron chi connectivity index (χ4n) is 0.850. The second kappa shape index (κ2) is 2.36. The van der Waals surface area contributed by atoms with Crippen molar-refractivity contribution in [3.05, 3.63) is 24.8 Å². The van der Waals surface area contributed by atoms with Crippen molar-refractivity contribution in [2.24, 2.45) is 0 Å².